The van der Waals surface area contributed by atoms with Gasteiger partial charge in [-0.25, -0.2) is 4.98 Å². The maximum Gasteiger partial charge on any atom is 0.296 e. The Morgan fingerprint density at radius 1 is 0.957 bits per heavy atom. The summed E-state index contributed by atoms with van der Waals surface area (Å²) in [7, 11) is 1.51. The highest BCUT2D eigenvalue weighted by atomic mass is 32.1. The number of ketones is 1. The van der Waals surface area contributed by atoms with E-state index in [1.165, 1.54) is 23.3 Å². The molecule has 0 spiro atoms. The smallest absolute Gasteiger partial charge is 0.296 e. The van der Waals surface area contributed by atoms with E-state index in [-0.39, 0.29) is 11.3 Å². The van der Waals surface area contributed by atoms with Gasteiger partial charge in [-0.2, -0.15) is 0 Å². The molecule has 1 aliphatic heterocycles. The average molecular weight is 633 g/mol. The summed E-state index contributed by atoms with van der Waals surface area (Å²) in [6.07, 6.45) is 0. The molecule has 6 aromatic rings. The molecule has 1 atom stereocenters. The molecule has 0 aliphatic carbocycles. The standard InChI is InChI=1S/C36H28N2O7S/c1-3-43-25-15-16-26-29(19-25)46-36(37-26)38-31(22-11-7-13-24(17-22)44-20-21-9-5-4-6-10-21)30(33(40)35(38)41)32(39)28-18-23-12-8-14-27(42-2)34(23)45-28/h4-19,31,40H,3,20H2,1-2H3. The Kier molecular flexibility index (Phi) is 7.63. The normalized spacial score (nSPS) is 14.8. The van der Waals surface area contributed by atoms with E-state index in [1.54, 1.807) is 48.5 Å². The van der Waals surface area contributed by atoms with Crippen molar-refractivity contribution in [2.45, 2.75) is 19.6 Å². The van der Waals surface area contributed by atoms with Crippen LogP contribution in [0.1, 0.15) is 34.6 Å². The van der Waals surface area contributed by atoms with Gasteiger partial charge in [0.15, 0.2) is 28.0 Å². The SMILES string of the molecule is CCOc1ccc2nc(N3C(=O)C(O)=C(C(=O)c4cc5cccc(OC)c5o4)C3c3cccc(OCc4ccccc4)c3)sc2c1. The van der Waals surface area contributed by atoms with Crippen molar-refractivity contribution in [3.8, 4) is 17.2 Å². The van der Waals surface area contributed by atoms with Crippen molar-refractivity contribution >= 4 is 49.3 Å². The molecule has 0 saturated heterocycles. The van der Waals surface area contributed by atoms with E-state index in [0.29, 0.717) is 57.6 Å². The number of Topliss-reactive ketones (excluding diaryl/α,β-unsaturated/α-hetero) is 1. The van der Waals surface area contributed by atoms with E-state index in [1.807, 2.05) is 55.5 Å². The second-order valence-corrected chi connectivity index (χ2v) is 11.6. The number of nitrogens with zero attached hydrogens (tertiary/aromatic N) is 2. The lowest BCUT2D eigenvalue weighted by Gasteiger charge is -2.24. The largest absolute Gasteiger partial charge is 0.503 e. The fourth-order valence-corrected chi connectivity index (χ4v) is 6.58. The number of para-hydroxylation sites is 1. The third-order valence-corrected chi connectivity index (χ3v) is 8.71. The number of hydrogen-bond donors (Lipinski definition) is 1. The number of thiazole rings is 1. The zero-order chi connectivity index (χ0) is 31.8. The van der Waals surface area contributed by atoms with Crippen LogP contribution >= 0.6 is 11.3 Å². The minimum absolute atomic E-state index is 0.0390. The number of carbonyl (C=O) groups is 2. The van der Waals surface area contributed by atoms with Crippen LogP contribution in [0.3, 0.4) is 0 Å². The van der Waals surface area contributed by atoms with E-state index < -0.39 is 23.5 Å². The van der Waals surface area contributed by atoms with Crippen LogP contribution in [0.2, 0.25) is 0 Å². The molecule has 4 aromatic carbocycles. The number of rotatable bonds is 10. The number of anilines is 1. The third-order valence-electron chi connectivity index (χ3n) is 7.69. The molecule has 1 unspecified atom stereocenters. The van der Waals surface area contributed by atoms with Crippen molar-refractivity contribution < 1.29 is 33.3 Å². The molecular formula is C36H28N2O7S. The summed E-state index contributed by atoms with van der Waals surface area (Å²) in [5.74, 6) is -0.426. The number of ether oxygens (including phenoxy) is 3. The van der Waals surface area contributed by atoms with Crippen LogP contribution in [0.15, 0.2) is 113 Å². The summed E-state index contributed by atoms with van der Waals surface area (Å²) in [6, 6.07) is 28.2. The molecule has 0 bridgehead atoms. The van der Waals surface area contributed by atoms with Crippen molar-refractivity contribution in [1.29, 1.82) is 0 Å². The Hall–Kier alpha value is -5.61. The molecule has 230 valence electrons. The van der Waals surface area contributed by atoms with Crippen molar-refractivity contribution in [2.75, 3.05) is 18.6 Å². The number of hydrogen-bond acceptors (Lipinski definition) is 9. The maximum absolute atomic E-state index is 14.2. The molecule has 7 rings (SSSR count). The highest BCUT2D eigenvalue weighted by Crippen LogP contribution is 2.45. The minimum atomic E-state index is -1.03. The molecule has 0 saturated carbocycles. The summed E-state index contributed by atoms with van der Waals surface area (Å²) in [4.78, 5) is 34.2. The Labute approximate surface area is 267 Å². The van der Waals surface area contributed by atoms with Gasteiger partial charge < -0.3 is 23.7 Å². The zero-order valence-electron chi connectivity index (χ0n) is 24.9. The van der Waals surface area contributed by atoms with E-state index >= 15 is 0 Å². The minimum Gasteiger partial charge on any atom is -0.503 e. The number of furan rings is 1. The van der Waals surface area contributed by atoms with Gasteiger partial charge in [0.25, 0.3) is 5.91 Å². The highest BCUT2D eigenvalue weighted by molar-refractivity contribution is 7.22. The Morgan fingerprint density at radius 2 is 1.76 bits per heavy atom. The number of methoxy groups -OCH3 is 1. The topological polar surface area (TPSA) is 111 Å². The van der Waals surface area contributed by atoms with E-state index in [9.17, 15) is 14.7 Å². The molecule has 2 aromatic heterocycles. The number of aliphatic hydroxyl groups is 1. The highest BCUT2D eigenvalue weighted by Gasteiger charge is 2.46. The van der Waals surface area contributed by atoms with Gasteiger partial charge >= 0.3 is 0 Å². The van der Waals surface area contributed by atoms with Gasteiger partial charge in [-0.1, -0.05) is 65.9 Å². The lowest BCUT2D eigenvalue weighted by molar-refractivity contribution is -0.117. The summed E-state index contributed by atoms with van der Waals surface area (Å²) >= 11 is 1.26. The van der Waals surface area contributed by atoms with Crippen molar-refractivity contribution in [2.24, 2.45) is 0 Å². The lowest BCUT2D eigenvalue weighted by Crippen LogP contribution is -2.31. The average Bonchev–Trinajstić information content (AvgIpc) is 3.78. The first kappa shape index (κ1) is 29.1. The van der Waals surface area contributed by atoms with Crippen LogP contribution in [0.25, 0.3) is 21.2 Å². The summed E-state index contributed by atoms with van der Waals surface area (Å²) in [6.45, 7) is 2.73. The Bertz CT molecular complexity index is 2130. The maximum atomic E-state index is 14.2. The summed E-state index contributed by atoms with van der Waals surface area (Å²) in [5, 5.41) is 12.3. The van der Waals surface area contributed by atoms with Crippen LogP contribution in [0.4, 0.5) is 5.13 Å². The molecule has 1 N–H and O–H groups in total. The van der Waals surface area contributed by atoms with Crippen LogP contribution in [0.5, 0.6) is 17.2 Å². The second-order valence-electron chi connectivity index (χ2n) is 10.6. The van der Waals surface area contributed by atoms with Gasteiger partial charge in [0, 0.05) is 5.39 Å². The molecule has 9 nitrogen and oxygen atoms in total. The molecular weight excluding hydrogens is 604 g/mol. The first-order valence-corrected chi connectivity index (χ1v) is 15.4. The van der Waals surface area contributed by atoms with E-state index in [2.05, 4.69) is 0 Å². The lowest BCUT2D eigenvalue weighted by atomic mass is 9.95. The third kappa shape index (κ3) is 5.22. The fraction of sp³-hybridized carbons (Fsp3) is 0.139. The summed E-state index contributed by atoms with van der Waals surface area (Å²) in [5.41, 5.74) is 2.45. The van der Waals surface area contributed by atoms with Crippen molar-refractivity contribution in [3.05, 3.63) is 125 Å². The first-order valence-electron chi connectivity index (χ1n) is 14.6. The van der Waals surface area contributed by atoms with Crippen LogP contribution in [-0.4, -0.2) is 35.5 Å². The molecule has 46 heavy (non-hydrogen) atoms. The second kappa shape index (κ2) is 12.1. The monoisotopic (exact) mass is 632 g/mol. The number of aliphatic hydroxyl groups excluding tert-OH is 1. The van der Waals surface area contributed by atoms with Crippen LogP contribution in [-0.2, 0) is 11.4 Å². The number of aromatic nitrogens is 1. The van der Waals surface area contributed by atoms with E-state index in [4.69, 9.17) is 23.6 Å². The molecule has 1 amide bonds. The predicted molar refractivity (Wildman–Crippen MR) is 175 cm³/mol. The van der Waals surface area contributed by atoms with Crippen molar-refractivity contribution in [1.82, 2.24) is 4.98 Å². The molecule has 0 radical (unpaired) electrons. The summed E-state index contributed by atoms with van der Waals surface area (Å²) < 4.78 is 23.9. The van der Waals surface area contributed by atoms with E-state index in [0.717, 1.165) is 10.3 Å². The molecule has 10 heteroatoms. The zero-order valence-corrected chi connectivity index (χ0v) is 25.7. The van der Waals surface area contributed by atoms with Gasteiger partial charge in [-0.15, -0.1) is 0 Å². The number of benzene rings is 4. The molecule has 0 fully saturated rings. The predicted octanol–water partition coefficient (Wildman–Crippen LogP) is 7.81. The number of fused-ring (bicyclic) bond motifs is 2. The first-order chi connectivity index (χ1) is 22.4. The van der Waals surface area contributed by atoms with Gasteiger partial charge in [0.05, 0.1) is 35.5 Å². The Balaban J connectivity index is 1.32. The van der Waals surface area contributed by atoms with Gasteiger partial charge in [-0.05, 0) is 60.5 Å². The van der Waals surface area contributed by atoms with Gasteiger partial charge in [0.2, 0.25) is 5.78 Å². The number of amides is 1. The number of carbonyl (C=O) groups excluding carboxylic acids is 2. The van der Waals surface area contributed by atoms with Crippen LogP contribution in [0, 0.1) is 0 Å². The van der Waals surface area contributed by atoms with Gasteiger partial charge in [-0.3, -0.25) is 14.5 Å². The van der Waals surface area contributed by atoms with Crippen molar-refractivity contribution in [3.63, 3.8) is 0 Å². The Morgan fingerprint density at radius 3 is 2.57 bits per heavy atom. The molecule has 1 aliphatic rings. The quantitative estimate of drug-likeness (QED) is 0.152. The van der Waals surface area contributed by atoms with Gasteiger partial charge in [0.1, 0.15) is 18.1 Å². The van der Waals surface area contributed by atoms with Crippen LogP contribution < -0.4 is 19.1 Å². The molecule has 3 heterocycles. The fourth-order valence-electron chi connectivity index (χ4n) is 5.56.